The van der Waals surface area contributed by atoms with Crippen LogP contribution < -0.4 is 14.2 Å². The fourth-order valence-corrected chi connectivity index (χ4v) is 5.71. The van der Waals surface area contributed by atoms with Gasteiger partial charge in [-0.05, 0) is 66.4 Å². The summed E-state index contributed by atoms with van der Waals surface area (Å²) in [6, 6.07) is 29.2. The number of carbonyl (C=O) groups excluding carboxylic acids is 2. The van der Waals surface area contributed by atoms with Gasteiger partial charge in [0.1, 0.15) is 24.2 Å². The fraction of sp³-hybridized carbons (Fsp3) is 0.222. The molecule has 43 heavy (non-hydrogen) atoms. The van der Waals surface area contributed by atoms with Gasteiger partial charge in [0.25, 0.3) is 11.7 Å². The maximum atomic E-state index is 13.6. The Morgan fingerprint density at radius 1 is 0.884 bits per heavy atom. The molecule has 1 saturated heterocycles. The number of fused-ring (bicyclic) bond motifs is 1. The number of rotatable bonds is 9. The van der Waals surface area contributed by atoms with Crippen LogP contribution in [0, 0.1) is 0 Å². The minimum absolute atomic E-state index is 0.0310. The van der Waals surface area contributed by atoms with Crippen LogP contribution >= 0.6 is 0 Å². The Morgan fingerprint density at radius 2 is 1.60 bits per heavy atom. The van der Waals surface area contributed by atoms with Crippen LogP contribution in [0.15, 0.2) is 103 Å². The number of benzene rings is 4. The van der Waals surface area contributed by atoms with E-state index in [9.17, 15) is 14.7 Å². The second kappa shape index (κ2) is 12.1. The molecule has 1 fully saturated rings. The Kier molecular flexibility index (Phi) is 7.88. The average molecular weight is 576 g/mol. The van der Waals surface area contributed by atoms with Crippen molar-refractivity contribution in [1.29, 1.82) is 0 Å². The fourth-order valence-electron chi connectivity index (χ4n) is 5.71. The first-order chi connectivity index (χ1) is 20.9. The third kappa shape index (κ3) is 5.71. The molecule has 0 aliphatic carbocycles. The first-order valence-electron chi connectivity index (χ1n) is 14.5. The number of hydrogen-bond donors (Lipinski definition) is 1. The van der Waals surface area contributed by atoms with Gasteiger partial charge in [0.15, 0.2) is 11.5 Å². The number of nitrogens with zero attached hydrogens (tertiary/aromatic N) is 1. The monoisotopic (exact) mass is 575 g/mol. The van der Waals surface area contributed by atoms with Crippen molar-refractivity contribution in [2.24, 2.45) is 0 Å². The molecular weight excluding hydrogens is 542 g/mol. The summed E-state index contributed by atoms with van der Waals surface area (Å²) in [6.07, 6.45) is 0.730. The Bertz CT molecular complexity index is 1680. The summed E-state index contributed by atoms with van der Waals surface area (Å²) in [7, 11) is 0. The third-order valence-corrected chi connectivity index (χ3v) is 7.73. The lowest BCUT2D eigenvalue weighted by Crippen LogP contribution is -2.29. The zero-order chi connectivity index (χ0) is 29.9. The van der Waals surface area contributed by atoms with Gasteiger partial charge < -0.3 is 24.2 Å². The topological polar surface area (TPSA) is 85.3 Å². The summed E-state index contributed by atoms with van der Waals surface area (Å²) in [4.78, 5) is 28.7. The molecule has 1 amide bonds. The molecule has 0 radical (unpaired) electrons. The minimum Gasteiger partial charge on any atom is -0.507 e. The predicted molar refractivity (Wildman–Crippen MR) is 163 cm³/mol. The van der Waals surface area contributed by atoms with Gasteiger partial charge in [-0.1, -0.05) is 66.7 Å². The molecule has 7 nitrogen and oxygen atoms in total. The van der Waals surface area contributed by atoms with Crippen molar-refractivity contribution < 1.29 is 28.9 Å². The number of aliphatic hydroxyl groups excluding tert-OH is 1. The summed E-state index contributed by atoms with van der Waals surface area (Å²) in [6.45, 7) is 4.81. The van der Waals surface area contributed by atoms with E-state index in [1.807, 2.05) is 86.6 Å². The molecule has 4 aromatic carbocycles. The molecule has 4 aromatic rings. The highest BCUT2D eigenvalue weighted by atomic mass is 16.5. The molecule has 2 aliphatic heterocycles. The maximum Gasteiger partial charge on any atom is 0.295 e. The Labute approximate surface area is 250 Å². The lowest BCUT2D eigenvalue weighted by Gasteiger charge is -2.26. The van der Waals surface area contributed by atoms with E-state index in [1.54, 1.807) is 24.3 Å². The first kappa shape index (κ1) is 28.1. The van der Waals surface area contributed by atoms with Gasteiger partial charge >= 0.3 is 0 Å². The highest BCUT2D eigenvalue weighted by molar-refractivity contribution is 6.46. The minimum atomic E-state index is -0.842. The van der Waals surface area contributed by atoms with E-state index in [1.165, 1.54) is 4.90 Å². The van der Waals surface area contributed by atoms with Crippen molar-refractivity contribution >= 4 is 17.4 Å². The largest absolute Gasteiger partial charge is 0.507 e. The zero-order valence-corrected chi connectivity index (χ0v) is 24.2. The summed E-state index contributed by atoms with van der Waals surface area (Å²) in [5.41, 5.74) is 3.96. The van der Waals surface area contributed by atoms with Crippen molar-refractivity contribution in [3.05, 3.63) is 130 Å². The first-order valence-corrected chi connectivity index (χ1v) is 14.5. The van der Waals surface area contributed by atoms with Gasteiger partial charge in [0, 0.05) is 18.5 Å². The van der Waals surface area contributed by atoms with Crippen LogP contribution in [0.25, 0.3) is 5.76 Å². The summed E-state index contributed by atoms with van der Waals surface area (Å²) < 4.78 is 17.9. The van der Waals surface area contributed by atoms with Crippen LogP contribution in [0.2, 0.25) is 0 Å². The van der Waals surface area contributed by atoms with E-state index in [0.29, 0.717) is 42.3 Å². The number of carbonyl (C=O) groups is 2. The van der Waals surface area contributed by atoms with E-state index >= 15 is 0 Å². The van der Waals surface area contributed by atoms with E-state index < -0.39 is 17.7 Å². The molecule has 0 aromatic heterocycles. The second-order valence-corrected chi connectivity index (χ2v) is 10.8. The number of hydrogen-bond acceptors (Lipinski definition) is 6. The van der Waals surface area contributed by atoms with Crippen molar-refractivity contribution in [1.82, 2.24) is 4.90 Å². The molecule has 7 heteroatoms. The molecule has 2 atom stereocenters. The number of ketones is 1. The third-order valence-electron chi connectivity index (χ3n) is 7.73. The number of Topliss-reactive ketones (excluding diaryl/α,β-unsaturated/α-hetero) is 1. The highest BCUT2D eigenvalue weighted by Gasteiger charge is 2.46. The molecule has 0 bridgehead atoms. The van der Waals surface area contributed by atoms with Gasteiger partial charge in [0.2, 0.25) is 0 Å². The zero-order valence-electron chi connectivity index (χ0n) is 24.2. The van der Waals surface area contributed by atoms with Gasteiger partial charge in [-0.3, -0.25) is 9.59 Å². The van der Waals surface area contributed by atoms with Crippen LogP contribution in [0.1, 0.15) is 47.7 Å². The molecule has 2 aliphatic rings. The van der Waals surface area contributed by atoms with Crippen LogP contribution in [0.4, 0.5) is 0 Å². The van der Waals surface area contributed by atoms with Gasteiger partial charge in [-0.15, -0.1) is 0 Å². The van der Waals surface area contributed by atoms with Crippen molar-refractivity contribution in [3.63, 3.8) is 0 Å². The lowest BCUT2D eigenvalue weighted by atomic mass is 9.94. The lowest BCUT2D eigenvalue weighted by molar-refractivity contribution is -0.140. The van der Waals surface area contributed by atoms with Crippen LogP contribution in [-0.4, -0.2) is 34.4 Å². The summed E-state index contributed by atoms with van der Waals surface area (Å²) >= 11 is 0. The molecular formula is C36H33NO6. The average Bonchev–Trinajstić information content (AvgIpc) is 3.52. The van der Waals surface area contributed by atoms with Crippen LogP contribution in [0.5, 0.6) is 17.2 Å². The SMILES string of the molecule is CCOc1cc(C2/C(=C(/O)c3ccc4c(c3)CC(C)O4)C(=O)C(=O)N2Cc2ccccc2)ccc1OCc1ccccc1. The molecule has 218 valence electrons. The Hall–Kier alpha value is -5.04. The van der Waals surface area contributed by atoms with Gasteiger partial charge in [-0.2, -0.15) is 0 Å². The smallest absolute Gasteiger partial charge is 0.295 e. The molecule has 2 heterocycles. The quantitative estimate of drug-likeness (QED) is 0.137. The molecule has 0 spiro atoms. The number of likely N-dealkylation sites (tertiary alicyclic amines) is 1. The van der Waals surface area contributed by atoms with E-state index in [-0.39, 0.29) is 24.0 Å². The second-order valence-electron chi connectivity index (χ2n) is 10.8. The van der Waals surface area contributed by atoms with Crippen LogP contribution in [0.3, 0.4) is 0 Å². The number of ether oxygens (including phenoxy) is 3. The van der Waals surface area contributed by atoms with Crippen molar-refractivity contribution in [2.75, 3.05) is 6.61 Å². The van der Waals surface area contributed by atoms with Crippen molar-refractivity contribution in [2.45, 2.75) is 45.6 Å². The molecule has 0 saturated carbocycles. The standard InChI is InChI=1S/C36H33NO6/c1-3-41-31-20-26(14-17-30(31)42-22-25-12-8-5-9-13-25)33-32(34(38)27-15-16-29-28(19-27)18-23(2)43-29)35(39)36(40)37(33)21-24-10-6-4-7-11-24/h4-17,19-20,23,33,38H,3,18,21-22H2,1-2H3/b34-32-. The summed E-state index contributed by atoms with van der Waals surface area (Å²) in [5.74, 6) is 0.176. The summed E-state index contributed by atoms with van der Waals surface area (Å²) in [5, 5.41) is 11.6. The van der Waals surface area contributed by atoms with Gasteiger partial charge in [-0.25, -0.2) is 0 Å². The van der Waals surface area contributed by atoms with Gasteiger partial charge in [0.05, 0.1) is 18.2 Å². The normalized spacial score (nSPS) is 18.8. The maximum absolute atomic E-state index is 13.6. The number of aliphatic hydroxyl groups is 1. The van der Waals surface area contributed by atoms with E-state index in [4.69, 9.17) is 14.2 Å². The Balaban J connectivity index is 1.43. The molecule has 6 rings (SSSR count). The highest BCUT2D eigenvalue weighted by Crippen LogP contribution is 2.43. The molecule has 1 N–H and O–H groups in total. The van der Waals surface area contributed by atoms with E-state index in [2.05, 4.69) is 0 Å². The Morgan fingerprint density at radius 3 is 2.33 bits per heavy atom. The van der Waals surface area contributed by atoms with Crippen molar-refractivity contribution in [3.8, 4) is 17.2 Å². The molecule has 2 unspecified atom stereocenters. The predicted octanol–water partition coefficient (Wildman–Crippen LogP) is 6.61. The van der Waals surface area contributed by atoms with E-state index in [0.717, 1.165) is 22.4 Å². The van der Waals surface area contributed by atoms with Crippen LogP contribution in [-0.2, 0) is 29.2 Å². The number of amides is 1.